The van der Waals surface area contributed by atoms with Crippen LogP contribution in [-0.2, 0) is 4.79 Å². The number of carbonyl (C=O) groups is 1. The monoisotopic (exact) mass is 294 g/mol. The Morgan fingerprint density at radius 3 is 2.32 bits per heavy atom. The number of carbonyl (C=O) groups excluding carboxylic acids is 1. The first-order valence-corrected chi connectivity index (χ1v) is 6.89. The van der Waals surface area contributed by atoms with Crippen LogP contribution in [0.15, 0.2) is 59.7 Å². The van der Waals surface area contributed by atoms with Gasteiger partial charge in [0.25, 0.3) is 5.91 Å². The third-order valence-corrected chi connectivity index (χ3v) is 3.01. The normalized spacial score (nSPS) is 11.0. The lowest BCUT2D eigenvalue weighted by molar-refractivity contribution is -0.116. The van der Waals surface area contributed by atoms with Crippen molar-refractivity contribution < 1.29 is 9.53 Å². The van der Waals surface area contributed by atoms with Crippen molar-refractivity contribution in [2.45, 2.75) is 6.92 Å². The first kappa shape index (κ1) is 15.5. The minimum Gasteiger partial charge on any atom is -0.497 e. The number of hydrogen-bond acceptors (Lipinski definition) is 3. The summed E-state index contributed by atoms with van der Waals surface area (Å²) in [5.74, 6) is 0.503. The number of aryl methyl sites for hydroxylation is 1. The van der Waals surface area contributed by atoms with Crippen molar-refractivity contribution in [3.05, 3.63) is 71.3 Å². The summed E-state index contributed by atoms with van der Waals surface area (Å²) in [6.07, 6.45) is 4.77. The van der Waals surface area contributed by atoms with Gasteiger partial charge in [-0.1, -0.05) is 42.0 Å². The fourth-order valence-electron chi connectivity index (χ4n) is 1.75. The van der Waals surface area contributed by atoms with Gasteiger partial charge in [0.1, 0.15) is 5.75 Å². The maximum absolute atomic E-state index is 11.6. The molecule has 1 amide bonds. The molecular formula is C18H18N2O2. The number of hydrogen-bond donors (Lipinski definition) is 1. The molecule has 0 aliphatic carbocycles. The van der Waals surface area contributed by atoms with Crippen LogP contribution in [0.4, 0.5) is 0 Å². The van der Waals surface area contributed by atoms with E-state index in [-0.39, 0.29) is 5.91 Å². The van der Waals surface area contributed by atoms with Gasteiger partial charge in [-0.25, -0.2) is 5.43 Å². The molecule has 22 heavy (non-hydrogen) atoms. The lowest BCUT2D eigenvalue weighted by Gasteiger charge is -1.99. The van der Waals surface area contributed by atoms with Crippen molar-refractivity contribution in [1.29, 1.82) is 0 Å². The van der Waals surface area contributed by atoms with Gasteiger partial charge in [0.05, 0.1) is 13.3 Å². The Balaban J connectivity index is 1.86. The molecule has 0 bridgehead atoms. The van der Waals surface area contributed by atoms with Gasteiger partial charge in [0.15, 0.2) is 0 Å². The van der Waals surface area contributed by atoms with Gasteiger partial charge in [-0.15, -0.1) is 0 Å². The number of hydrazone groups is 1. The smallest absolute Gasteiger partial charge is 0.264 e. The van der Waals surface area contributed by atoms with E-state index in [0.717, 1.165) is 16.9 Å². The van der Waals surface area contributed by atoms with E-state index < -0.39 is 0 Å². The topological polar surface area (TPSA) is 50.7 Å². The van der Waals surface area contributed by atoms with Gasteiger partial charge in [0, 0.05) is 6.08 Å². The van der Waals surface area contributed by atoms with E-state index in [9.17, 15) is 4.79 Å². The van der Waals surface area contributed by atoms with Crippen LogP contribution in [0.1, 0.15) is 16.7 Å². The highest BCUT2D eigenvalue weighted by Crippen LogP contribution is 2.12. The van der Waals surface area contributed by atoms with E-state index in [1.807, 2.05) is 55.5 Å². The van der Waals surface area contributed by atoms with Crippen LogP contribution in [0.5, 0.6) is 5.75 Å². The van der Waals surface area contributed by atoms with Crippen molar-refractivity contribution in [3.8, 4) is 5.75 Å². The van der Waals surface area contributed by atoms with Crippen LogP contribution in [0.2, 0.25) is 0 Å². The molecule has 0 aromatic heterocycles. The quantitative estimate of drug-likeness (QED) is 0.523. The summed E-state index contributed by atoms with van der Waals surface area (Å²) in [7, 11) is 1.62. The summed E-state index contributed by atoms with van der Waals surface area (Å²) in [5, 5.41) is 3.92. The largest absolute Gasteiger partial charge is 0.497 e. The van der Waals surface area contributed by atoms with Gasteiger partial charge in [-0.05, 0) is 36.3 Å². The van der Waals surface area contributed by atoms with Crippen LogP contribution in [0.3, 0.4) is 0 Å². The molecule has 2 rings (SSSR count). The zero-order chi connectivity index (χ0) is 15.8. The molecule has 0 saturated carbocycles. The fraction of sp³-hybridized carbons (Fsp3) is 0.111. The molecule has 0 fully saturated rings. The maximum atomic E-state index is 11.6. The summed E-state index contributed by atoms with van der Waals surface area (Å²) < 4.78 is 5.07. The molecule has 4 heteroatoms. The Morgan fingerprint density at radius 1 is 1.05 bits per heavy atom. The summed E-state index contributed by atoms with van der Waals surface area (Å²) in [6.45, 7) is 2.02. The van der Waals surface area contributed by atoms with Crippen molar-refractivity contribution >= 4 is 18.2 Å². The first-order chi connectivity index (χ1) is 10.7. The molecule has 0 aliphatic rings. The summed E-state index contributed by atoms with van der Waals surface area (Å²) >= 11 is 0. The van der Waals surface area contributed by atoms with Gasteiger partial charge in [-0.2, -0.15) is 5.10 Å². The Bertz CT molecular complexity index is 671. The van der Waals surface area contributed by atoms with Gasteiger partial charge in [0.2, 0.25) is 0 Å². The molecule has 4 nitrogen and oxygen atoms in total. The number of ether oxygens (including phenoxy) is 1. The number of amides is 1. The SMILES string of the molecule is COc1ccc(/C=C/C(=O)N/N=C\c2ccc(C)cc2)cc1. The van der Waals surface area contributed by atoms with Crippen LogP contribution in [-0.4, -0.2) is 19.2 Å². The van der Waals surface area contributed by atoms with Gasteiger partial charge >= 0.3 is 0 Å². The van der Waals surface area contributed by atoms with Crippen LogP contribution >= 0.6 is 0 Å². The highest BCUT2D eigenvalue weighted by atomic mass is 16.5. The highest BCUT2D eigenvalue weighted by molar-refractivity contribution is 5.92. The van der Waals surface area contributed by atoms with E-state index in [2.05, 4.69) is 10.5 Å². The molecule has 0 aliphatic heterocycles. The second-order valence-electron chi connectivity index (χ2n) is 4.75. The van der Waals surface area contributed by atoms with E-state index in [1.165, 1.54) is 11.6 Å². The standard InChI is InChI=1S/C18H18N2O2/c1-14-3-5-16(6-4-14)13-19-20-18(21)12-9-15-7-10-17(22-2)11-8-15/h3-13H,1-2H3,(H,20,21)/b12-9+,19-13-. The molecule has 0 atom stereocenters. The second kappa shape index (κ2) is 7.78. The molecule has 0 radical (unpaired) electrons. The summed E-state index contributed by atoms with van der Waals surface area (Å²) in [6, 6.07) is 15.3. The highest BCUT2D eigenvalue weighted by Gasteiger charge is 1.94. The van der Waals surface area contributed by atoms with Crippen molar-refractivity contribution in [2.75, 3.05) is 7.11 Å². The fourth-order valence-corrected chi connectivity index (χ4v) is 1.75. The zero-order valence-corrected chi connectivity index (χ0v) is 12.6. The van der Waals surface area contributed by atoms with Crippen LogP contribution in [0, 0.1) is 6.92 Å². The van der Waals surface area contributed by atoms with Crippen LogP contribution in [0.25, 0.3) is 6.08 Å². The molecule has 2 aromatic rings. The number of rotatable bonds is 5. The third kappa shape index (κ3) is 4.90. The Kier molecular flexibility index (Phi) is 5.49. The molecule has 112 valence electrons. The number of nitrogens with one attached hydrogen (secondary N) is 1. The molecule has 0 saturated heterocycles. The predicted octanol–water partition coefficient (Wildman–Crippen LogP) is 3.17. The van der Waals surface area contributed by atoms with Gasteiger partial charge in [-0.3, -0.25) is 4.79 Å². The Hall–Kier alpha value is -2.88. The number of nitrogens with zero attached hydrogens (tertiary/aromatic N) is 1. The van der Waals surface area contributed by atoms with Crippen LogP contribution < -0.4 is 10.2 Å². The van der Waals surface area contributed by atoms with E-state index in [4.69, 9.17) is 4.74 Å². The lowest BCUT2D eigenvalue weighted by atomic mass is 10.2. The van der Waals surface area contributed by atoms with Gasteiger partial charge < -0.3 is 4.74 Å². The van der Waals surface area contributed by atoms with E-state index >= 15 is 0 Å². The Labute approximate surface area is 130 Å². The molecule has 1 N–H and O–H groups in total. The predicted molar refractivity (Wildman–Crippen MR) is 88.9 cm³/mol. The molecule has 2 aromatic carbocycles. The zero-order valence-electron chi connectivity index (χ0n) is 12.6. The minimum atomic E-state index is -0.279. The van der Waals surface area contributed by atoms with Crippen molar-refractivity contribution in [1.82, 2.24) is 5.43 Å². The van der Waals surface area contributed by atoms with Crippen molar-refractivity contribution in [3.63, 3.8) is 0 Å². The number of benzene rings is 2. The van der Waals surface area contributed by atoms with E-state index in [1.54, 1.807) is 19.4 Å². The first-order valence-electron chi connectivity index (χ1n) is 6.89. The second-order valence-corrected chi connectivity index (χ2v) is 4.75. The molecule has 0 unspecified atom stereocenters. The third-order valence-electron chi connectivity index (χ3n) is 3.01. The average Bonchev–Trinajstić information content (AvgIpc) is 2.55. The summed E-state index contributed by atoms with van der Waals surface area (Å²) in [4.78, 5) is 11.6. The summed E-state index contributed by atoms with van der Waals surface area (Å²) in [5.41, 5.74) is 5.49. The lowest BCUT2D eigenvalue weighted by Crippen LogP contribution is -2.14. The minimum absolute atomic E-state index is 0.279. The maximum Gasteiger partial charge on any atom is 0.264 e. The molecule has 0 heterocycles. The van der Waals surface area contributed by atoms with E-state index in [0.29, 0.717) is 0 Å². The Morgan fingerprint density at radius 2 is 1.68 bits per heavy atom. The molecular weight excluding hydrogens is 276 g/mol. The number of methoxy groups -OCH3 is 1. The molecule has 0 spiro atoms. The average molecular weight is 294 g/mol. The van der Waals surface area contributed by atoms with Crippen molar-refractivity contribution in [2.24, 2.45) is 5.10 Å².